The smallest absolute Gasteiger partial charge is 0.302 e. The Hall–Kier alpha value is -3.49. The van der Waals surface area contributed by atoms with Crippen LogP contribution >= 0.6 is 0 Å². The van der Waals surface area contributed by atoms with Crippen LogP contribution < -0.4 is 11.2 Å². The molecule has 3 aromatic heterocycles. The second-order valence-electron chi connectivity index (χ2n) is 8.58. The summed E-state index contributed by atoms with van der Waals surface area (Å²) in [5.74, 6) is 0.425. The van der Waals surface area contributed by atoms with Gasteiger partial charge < -0.3 is 4.57 Å². The minimum absolute atomic E-state index is 0.154. The van der Waals surface area contributed by atoms with Gasteiger partial charge in [-0.3, -0.25) is 13.9 Å². The molecule has 0 bridgehead atoms. The number of aryl methyl sites for hydroxylation is 4. The molecule has 0 amide bonds. The summed E-state index contributed by atoms with van der Waals surface area (Å²) in [6.07, 6.45) is 0.813. The first-order valence-corrected chi connectivity index (χ1v) is 10.7. The molecule has 168 valence electrons. The van der Waals surface area contributed by atoms with E-state index in [-0.39, 0.29) is 17.8 Å². The highest BCUT2D eigenvalue weighted by atomic mass is 19.1. The van der Waals surface area contributed by atoms with Crippen molar-refractivity contribution in [3.63, 3.8) is 0 Å². The summed E-state index contributed by atoms with van der Waals surface area (Å²) in [5, 5.41) is 4.53. The van der Waals surface area contributed by atoms with Crippen molar-refractivity contribution in [2.75, 3.05) is 0 Å². The summed E-state index contributed by atoms with van der Waals surface area (Å²) in [7, 11) is 1.58. The van der Waals surface area contributed by atoms with E-state index in [2.05, 4.69) is 23.9 Å². The molecule has 32 heavy (non-hydrogen) atoms. The summed E-state index contributed by atoms with van der Waals surface area (Å²) in [5.41, 5.74) is 1.55. The van der Waals surface area contributed by atoms with Crippen LogP contribution in [0.4, 0.5) is 4.39 Å². The van der Waals surface area contributed by atoms with Gasteiger partial charge in [-0.05, 0) is 38.3 Å². The van der Waals surface area contributed by atoms with Gasteiger partial charge in [-0.25, -0.2) is 13.9 Å². The topological polar surface area (TPSA) is 79.6 Å². The molecule has 4 rings (SSSR count). The van der Waals surface area contributed by atoms with Crippen LogP contribution in [-0.2, 0) is 20.1 Å². The number of nitrogens with zero attached hydrogens (tertiary/aromatic N) is 6. The standard InChI is InChI=1S/C23H27FN6O2/c1-14(2)10-11-28-19-20(25-22(28)30-16(4)12-15(3)26-30)27(5)23(32)29(21(19)31)13-17-8-6-7-9-18(17)24/h6-9,12,14H,10-11,13H2,1-5H3. The van der Waals surface area contributed by atoms with Crippen molar-refractivity contribution in [3.05, 3.63) is 73.9 Å². The maximum Gasteiger partial charge on any atom is 0.332 e. The lowest BCUT2D eigenvalue weighted by Crippen LogP contribution is -2.40. The Kier molecular flexibility index (Phi) is 5.58. The summed E-state index contributed by atoms with van der Waals surface area (Å²) in [6, 6.07) is 8.08. The van der Waals surface area contributed by atoms with Gasteiger partial charge in [0.1, 0.15) is 5.82 Å². The lowest BCUT2D eigenvalue weighted by Gasteiger charge is -2.13. The van der Waals surface area contributed by atoms with E-state index in [1.54, 1.807) is 29.9 Å². The SMILES string of the molecule is Cc1cc(C)n(-c2nc3c(c(=O)n(Cc4ccccc4F)c(=O)n3C)n2CCC(C)C)n1. The van der Waals surface area contributed by atoms with Gasteiger partial charge in [-0.1, -0.05) is 32.0 Å². The Morgan fingerprint density at radius 1 is 1.09 bits per heavy atom. The molecule has 0 spiro atoms. The second-order valence-corrected chi connectivity index (χ2v) is 8.58. The fourth-order valence-corrected chi connectivity index (χ4v) is 3.89. The maximum atomic E-state index is 14.3. The number of rotatable bonds is 6. The molecule has 0 aliphatic heterocycles. The molecule has 0 atom stereocenters. The van der Waals surface area contributed by atoms with Crippen LogP contribution in [0.1, 0.15) is 37.2 Å². The quantitative estimate of drug-likeness (QED) is 0.464. The second kappa shape index (κ2) is 8.22. The predicted octanol–water partition coefficient (Wildman–Crippen LogP) is 2.93. The molecule has 8 nitrogen and oxygen atoms in total. The molecular weight excluding hydrogens is 411 g/mol. The van der Waals surface area contributed by atoms with E-state index in [0.29, 0.717) is 23.9 Å². The van der Waals surface area contributed by atoms with Crippen molar-refractivity contribution in [3.8, 4) is 5.95 Å². The number of imidazole rings is 1. The zero-order valence-corrected chi connectivity index (χ0v) is 19.0. The molecule has 0 unspecified atom stereocenters. The van der Waals surface area contributed by atoms with E-state index in [4.69, 9.17) is 0 Å². The zero-order chi connectivity index (χ0) is 23.2. The van der Waals surface area contributed by atoms with Crippen LogP contribution in [0, 0.1) is 25.6 Å². The normalized spacial score (nSPS) is 11.7. The third kappa shape index (κ3) is 3.68. The van der Waals surface area contributed by atoms with Gasteiger partial charge in [-0.2, -0.15) is 10.1 Å². The molecule has 1 aromatic carbocycles. The van der Waals surface area contributed by atoms with Crippen molar-refractivity contribution < 1.29 is 4.39 Å². The molecule has 0 saturated carbocycles. The van der Waals surface area contributed by atoms with E-state index in [1.165, 1.54) is 10.6 Å². The largest absolute Gasteiger partial charge is 0.332 e. The summed E-state index contributed by atoms with van der Waals surface area (Å²) in [6.45, 7) is 8.40. The van der Waals surface area contributed by atoms with Crippen molar-refractivity contribution >= 4 is 11.2 Å². The van der Waals surface area contributed by atoms with Crippen LogP contribution in [0.5, 0.6) is 0 Å². The number of aromatic nitrogens is 6. The van der Waals surface area contributed by atoms with Crippen molar-refractivity contribution in [2.24, 2.45) is 13.0 Å². The number of hydrogen-bond acceptors (Lipinski definition) is 4. The average Bonchev–Trinajstić information content (AvgIpc) is 3.28. The molecule has 0 saturated heterocycles. The fourth-order valence-electron chi connectivity index (χ4n) is 3.89. The fraction of sp³-hybridized carbons (Fsp3) is 0.391. The average molecular weight is 439 g/mol. The van der Waals surface area contributed by atoms with Crippen molar-refractivity contribution in [2.45, 2.75) is 47.2 Å². The Balaban J connectivity index is 2.01. The third-order valence-electron chi connectivity index (χ3n) is 5.63. The predicted molar refractivity (Wildman–Crippen MR) is 121 cm³/mol. The highest BCUT2D eigenvalue weighted by molar-refractivity contribution is 5.72. The molecule has 0 fully saturated rings. The molecule has 0 aliphatic rings. The lowest BCUT2D eigenvalue weighted by atomic mass is 10.1. The highest BCUT2D eigenvalue weighted by Crippen LogP contribution is 2.19. The van der Waals surface area contributed by atoms with E-state index in [1.807, 2.05) is 24.5 Å². The summed E-state index contributed by atoms with van der Waals surface area (Å²) >= 11 is 0. The van der Waals surface area contributed by atoms with E-state index in [0.717, 1.165) is 22.4 Å². The molecule has 0 N–H and O–H groups in total. The number of benzene rings is 1. The van der Waals surface area contributed by atoms with Crippen LogP contribution in [-0.4, -0.2) is 28.5 Å². The molecule has 0 aliphatic carbocycles. The zero-order valence-electron chi connectivity index (χ0n) is 19.0. The van der Waals surface area contributed by atoms with E-state index < -0.39 is 17.1 Å². The van der Waals surface area contributed by atoms with Gasteiger partial charge in [0, 0.05) is 24.8 Å². The monoisotopic (exact) mass is 438 g/mol. The number of hydrogen-bond donors (Lipinski definition) is 0. The maximum absolute atomic E-state index is 14.3. The first-order chi connectivity index (χ1) is 15.2. The van der Waals surface area contributed by atoms with Gasteiger partial charge >= 0.3 is 5.69 Å². The summed E-state index contributed by atoms with van der Waals surface area (Å²) < 4.78 is 20.2. The molecule has 3 heterocycles. The van der Waals surface area contributed by atoms with Crippen LogP contribution in [0.2, 0.25) is 0 Å². The Labute approximate surface area is 184 Å². The number of halogens is 1. The van der Waals surface area contributed by atoms with E-state index in [9.17, 15) is 14.0 Å². The Bertz CT molecular complexity index is 1420. The van der Waals surface area contributed by atoms with Gasteiger partial charge in [0.05, 0.1) is 12.2 Å². The van der Waals surface area contributed by atoms with Crippen LogP contribution in [0.3, 0.4) is 0 Å². The molecule has 0 radical (unpaired) electrons. The van der Waals surface area contributed by atoms with Crippen molar-refractivity contribution in [1.82, 2.24) is 28.5 Å². The van der Waals surface area contributed by atoms with Gasteiger partial charge in [0.2, 0.25) is 5.95 Å². The van der Waals surface area contributed by atoms with Gasteiger partial charge in [0.25, 0.3) is 5.56 Å². The molecule has 9 heteroatoms. The summed E-state index contributed by atoms with van der Waals surface area (Å²) in [4.78, 5) is 31.3. The molecule has 4 aromatic rings. The van der Waals surface area contributed by atoms with Gasteiger partial charge in [0.15, 0.2) is 11.2 Å². The van der Waals surface area contributed by atoms with Gasteiger partial charge in [-0.15, -0.1) is 0 Å². The Morgan fingerprint density at radius 2 is 1.81 bits per heavy atom. The highest BCUT2D eigenvalue weighted by Gasteiger charge is 2.23. The Morgan fingerprint density at radius 3 is 2.44 bits per heavy atom. The first-order valence-electron chi connectivity index (χ1n) is 10.7. The lowest BCUT2D eigenvalue weighted by molar-refractivity contribution is 0.512. The minimum atomic E-state index is -0.542. The first kappa shape index (κ1) is 21.7. The third-order valence-corrected chi connectivity index (χ3v) is 5.63. The molecular formula is C23H27FN6O2. The minimum Gasteiger partial charge on any atom is -0.302 e. The van der Waals surface area contributed by atoms with Crippen molar-refractivity contribution in [1.29, 1.82) is 0 Å². The number of fused-ring (bicyclic) bond motifs is 1. The van der Waals surface area contributed by atoms with Crippen LogP contribution in [0.15, 0.2) is 39.9 Å². The van der Waals surface area contributed by atoms with Crippen LogP contribution in [0.25, 0.3) is 17.1 Å². The van der Waals surface area contributed by atoms with E-state index >= 15 is 0 Å².